The molecule has 1 unspecified atom stereocenters. The number of nitrogens with zero attached hydrogens (tertiary/aromatic N) is 1. The van der Waals surface area contributed by atoms with Crippen LogP contribution in [0.15, 0.2) is 24.3 Å². The van der Waals surface area contributed by atoms with Gasteiger partial charge >= 0.3 is 5.97 Å². The average molecular weight is 223 g/mol. The minimum absolute atomic E-state index is 0.407. The fourth-order valence-corrected chi connectivity index (χ4v) is 1.53. The predicted octanol–water partition coefficient (Wildman–Crippen LogP) is 1.85. The molecule has 0 saturated carbocycles. The Morgan fingerprint density at radius 2 is 2.12 bits per heavy atom. The highest BCUT2D eigenvalue weighted by atomic mass is 16.5. The number of methoxy groups -OCH3 is 1. The molecule has 0 fully saturated rings. The lowest BCUT2D eigenvalue weighted by atomic mass is 10.1. The molecule has 4 nitrogen and oxygen atoms in total. The van der Waals surface area contributed by atoms with Crippen LogP contribution in [0.5, 0.6) is 5.75 Å². The zero-order chi connectivity index (χ0) is 12.1. The highest BCUT2D eigenvalue weighted by molar-refractivity contribution is 5.71. The topological polar surface area (TPSA) is 49.8 Å². The van der Waals surface area contributed by atoms with E-state index in [4.69, 9.17) is 9.84 Å². The van der Waals surface area contributed by atoms with Gasteiger partial charge in [0.2, 0.25) is 0 Å². The fraction of sp³-hybridized carbons (Fsp3) is 0.417. The molecule has 4 heteroatoms. The van der Waals surface area contributed by atoms with Gasteiger partial charge in [-0.15, -0.1) is 0 Å². The van der Waals surface area contributed by atoms with E-state index in [1.165, 1.54) is 0 Å². The molecule has 88 valence electrons. The Labute approximate surface area is 95.5 Å². The number of hydrogen-bond donors (Lipinski definition) is 1. The van der Waals surface area contributed by atoms with Gasteiger partial charge in [-0.3, -0.25) is 4.79 Å². The van der Waals surface area contributed by atoms with E-state index in [0.29, 0.717) is 6.54 Å². The molecule has 0 heterocycles. The van der Waals surface area contributed by atoms with Gasteiger partial charge < -0.3 is 14.7 Å². The van der Waals surface area contributed by atoms with Crippen molar-refractivity contribution in [2.75, 3.05) is 25.6 Å². The van der Waals surface area contributed by atoms with Gasteiger partial charge in [0.15, 0.2) is 0 Å². The number of para-hydroxylation sites is 2. The lowest BCUT2D eigenvalue weighted by molar-refractivity contribution is -0.140. The van der Waals surface area contributed by atoms with Crippen LogP contribution in [0.2, 0.25) is 0 Å². The Balaban J connectivity index is 2.79. The Morgan fingerprint density at radius 1 is 1.50 bits per heavy atom. The molecule has 1 atom stereocenters. The number of aliphatic carboxylic acids is 1. The monoisotopic (exact) mass is 223 g/mol. The molecule has 0 spiro atoms. The van der Waals surface area contributed by atoms with Crippen LogP contribution in [-0.2, 0) is 4.79 Å². The molecule has 0 aliphatic rings. The summed E-state index contributed by atoms with van der Waals surface area (Å²) in [6.45, 7) is 2.14. The molecule has 0 amide bonds. The molecular weight excluding hydrogens is 206 g/mol. The Morgan fingerprint density at radius 3 is 2.69 bits per heavy atom. The van der Waals surface area contributed by atoms with Crippen molar-refractivity contribution < 1.29 is 14.6 Å². The van der Waals surface area contributed by atoms with Gasteiger partial charge in [0.05, 0.1) is 18.7 Å². The first-order valence-electron chi connectivity index (χ1n) is 5.13. The molecule has 1 aromatic rings. The molecule has 1 N–H and O–H groups in total. The van der Waals surface area contributed by atoms with Crippen molar-refractivity contribution in [2.45, 2.75) is 6.92 Å². The lowest BCUT2D eigenvalue weighted by Crippen LogP contribution is -2.28. The highest BCUT2D eigenvalue weighted by Crippen LogP contribution is 2.26. The van der Waals surface area contributed by atoms with Crippen LogP contribution >= 0.6 is 0 Å². The van der Waals surface area contributed by atoms with Crippen LogP contribution in [0.4, 0.5) is 5.69 Å². The molecule has 0 aliphatic heterocycles. The van der Waals surface area contributed by atoms with Crippen LogP contribution in [0, 0.1) is 5.92 Å². The first kappa shape index (κ1) is 12.4. The van der Waals surface area contributed by atoms with Crippen LogP contribution in [0.25, 0.3) is 0 Å². The molecule has 0 bridgehead atoms. The molecule has 1 aromatic carbocycles. The first-order chi connectivity index (χ1) is 7.56. The molecule has 0 aromatic heterocycles. The van der Waals surface area contributed by atoms with E-state index in [1.807, 2.05) is 36.2 Å². The van der Waals surface area contributed by atoms with E-state index in [0.717, 1.165) is 11.4 Å². The van der Waals surface area contributed by atoms with Crippen molar-refractivity contribution >= 4 is 11.7 Å². The van der Waals surface area contributed by atoms with Crippen LogP contribution in [0.3, 0.4) is 0 Å². The minimum atomic E-state index is -0.790. The second-order valence-electron chi connectivity index (χ2n) is 3.79. The van der Waals surface area contributed by atoms with Crippen molar-refractivity contribution in [3.05, 3.63) is 24.3 Å². The fourth-order valence-electron chi connectivity index (χ4n) is 1.53. The number of rotatable bonds is 5. The number of anilines is 1. The number of ether oxygens (including phenoxy) is 1. The van der Waals surface area contributed by atoms with Gasteiger partial charge in [-0.05, 0) is 12.1 Å². The minimum Gasteiger partial charge on any atom is -0.495 e. The van der Waals surface area contributed by atoms with Crippen molar-refractivity contribution in [3.63, 3.8) is 0 Å². The van der Waals surface area contributed by atoms with Crippen molar-refractivity contribution in [1.82, 2.24) is 0 Å². The molecule has 0 radical (unpaired) electrons. The standard InChI is InChI=1S/C12H17NO3/c1-9(12(14)15)8-13(2)10-6-4-5-7-11(10)16-3/h4-7,9H,8H2,1-3H3,(H,14,15). The normalized spacial score (nSPS) is 11.9. The number of carbonyl (C=O) groups is 1. The van der Waals surface area contributed by atoms with Crippen LogP contribution in [-0.4, -0.2) is 31.8 Å². The zero-order valence-electron chi connectivity index (χ0n) is 9.80. The van der Waals surface area contributed by atoms with Gasteiger partial charge in [-0.25, -0.2) is 0 Å². The third-order valence-electron chi connectivity index (χ3n) is 2.47. The lowest BCUT2D eigenvalue weighted by Gasteiger charge is -2.23. The van der Waals surface area contributed by atoms with Gasteiger partial charge in [-0.2, -0.15) is 0 Å². The van der Waals surface area contributed by atoms with Crippen LogP contribution in [0.1, 0.15) is 6.92 Å². The first-order valence-corrected chi connectivity index (χ1v) is 5.13. The third-order valence-corrected chi connectivity index (χ3v) is 2.47. The Kier molecular flexibility index (Phi) is 4.17. The second-order valence-corrected chi connectivity index (χ2v) is 3.79. The molecule has 1 rings (SSSR count). The van der Waals surface area contributed by atoms with Crippen molar-refractivity contribution in [1.29, 1.82) is 0 Å². The van der Waals surface area contributed by atoms with E-state index in [1.54, 1.807) is 14.0 Å². The summed E-state index contributed by atoms with van der Waals surface area (Å²) in [4.78, 5) is 12.6. The van der Waals surface area contributed by atoms with E-state index in [2.05, 4.69) is 0 Å². The van der Waals surface area contributed by atoms with Gasteiger partial charge in [0.25, 0.3) is 0 Å². The van der Waals surface area contributed by atoms with E-state index in [9.17, 15) is 4.79 Å². The number of carboxylic acid groups (broad SMARTS) is 1. The maximum Gasteiger partial charge on any atom is 0.308 e. The maximum atomic E-state index is 10.8. The quantitative estimate of drug-likeness (QED) is 0.827. The summed E-state index contributed by atoms with van der Waals surface area (Å²) in [5.74, 6) is -0.445. The Bertz CT molecular complexity index is 365. The summed E-state index contributed by atoms with van der Waals surface area (Å²) in [7, 11) is 3.46. The van der Waals surface area contributed by atoms with Crippen LogP contribution < -0.4 is 9.64 Å². The third kappa shape index (κ3) is 2.89. The zero-order valence-corrected chi connectivity index (χ0v) is 9.80. The molecular formula is C12H17NO3. The van der Waals surface area contributed by atoms with Gasteiger partial charge in [0, 0.05) is 13.6 Å². The smallest absolute Gasteiger partial charge is 0.308 e. The Hall–Kier alpha value is -1.71. The maximum absolute atomic E-state index is 10.8. The number of hydrogen-bond acceptors (Lipinski definition) is 3. The largest absolute Gasteiger partial charge is 0.495 e. The van der Waals surface area contributed by atoms with Gasteiger partial charge in [-0.1, -0.05) is 19.1 Å². The summed E-state index contributed by atoms with van der Waals surface area (Å²) in [5.41, 5.74) is 0.901. The van der Waals surface area contributed by atoms with Crippen molar-refractivity contribution in [2.24, 2.45) is 5.92 Å². The summed E-state index contributed by atoms with van der Waals surface area (Å²) >= 11 is 0. The second kappa shape index (κ2) is 5.39. The number of benzene rings is 1. The van der Waals surface area contributed by atoms with E-state index >= 15 is 0 Å². The van der Waals surface area contributed by atoms with E-state index in [-0.39, 0.29) is 0 Å². The number of carboxylic acids is 1. The summed E-state index contributed by atoms with van der Waals surface area (Å²) in [6.07, 6.45) is 0. The molecule has 16 heavy (non-hydrogen) atoms. The van der Waals surface area contributed by atoms with Crippen molar-refractivity contribution in [3.8, 4) is 5.75 Å². The van der Waals surface area contributed by atoms with E-state index < -0.39 is 11.9 Å². The summed E-state index contributed by atoms with van der Waals surface area (Å²) < 4.78 is 5.22. The molecule has 0 saturated heterocycles. The highest BCUT2D eigenvalue weighted by Gasteiger charge is 2.15. The summed E-state index contributed by atoms with van der Waals surface area (Å²) in [6, 6.07) is 7.56. The summed E-state index contributed by atoms with van der Waals surface area (Å²) in [5, 5.41) is 8.85. The van der Waals surface area contributed by atoms with Gasteiger partial charge in [0.1, 0.15) is 5.75 Å². The average Bonchev–Trinajstić information content (AvgIpc) is 2.28. The predicted molar refractivity (Wildman–Crippen MR) is 63.1 cm³/mol. The SMILES string of the molecule is COc1ccccc1N(C)CC(C)C(=O)O. The molecule has 0 aliphatic carbocycles.